The molecule has 10 nitrogen and oxygen atoms in total. The number of carbonyl (C=O) groups is 1. The molecule has 0 saturated carbocycles. The Kier molecular flexibility index (Phi) is 5.17. The van der Waals surface area contributed by atoms with Crippen LogP contribution in [-0.2, 0) is 18.4 Å². The molecule has 32 heavy (non-hydrogen) atoms. The van der Waals surface area contributed by atoms with Crippen LogP contribution < -0.4 is 5.56 Å². The Labute approximate surface area is 186 Å². The monoisotopic (exact) mass is 452 g/mol. The lowest BCUT2D eigenvalue weighted by Crippen LogP contribution is -2.31. The van der Waals surface area contributed by atoms with Crippen molar-refractivity contribution in [3.8, 4) is 11.6 Å². The molecule has 1 saturated heterocycles. The van der Waals surface area contributed by atoms with Crippen LogP contribution in [-0.4, -0.2) is 42.2 Å². The van der Waals surface area contributed by atoms with Gasteiger partial charge in [0, 0.05) is 20.5 Å². The molecule has 0 N–H and O–H groups in total. The third kappa shape index (κ3) is 3.64. The van der Waals surface area contributed by atoms with Crippen LogP contribution in [0.4, 0.5) is 4.79 Å². The maximum atomic E-state index is 12.9. The van der Waals surface area contributed by atoms with Gasteiger partial charge in [-0.05, 0) is 18.4 Å². The molecule has 0 bridgehead atoms. The van der Waals surface area contributed by atoms with Crippen molar-refractivity contribution in [3.63, 3.8) is 0 Å². The highest BCUT2D eigenvalue weighted by molar-refractivity contribution is 7.18. The van der Waals surface area contributed by atoms with Crippen molar-refractivity contribution in [1.29, 1.82) is 0 Å². The summed E-state index contributed by atoms with van der Waals surface area (Å²) in [7, 11) is 1.59. The van der Waals surface area contributed by atoms with Gasteiger partial charge in [0.25, 0.3) is 5.56 Å². The van der Waals surface area contributed by atoms with Crippen molar-refractivity contribution in [2.45, 2.75) is 32.4 Å². The minimum Gasteiger partial charge on any atom is -0.445 e. The van der Waals surface area contributed by atoms with Crippen LogP contribution in [0.1, 0.15) is 35.3 Å². The Morgan fingerprint density at radius 1 is 1.25 bits per heavy atom. The van der Waals surface area contributed by atoms with E-state index in [0.29, 0.717) is 28.1 Å². The topological polar surface area (TPSA) is 116 Å². The van der Waals surface area contributed by atoms with Gasteiger partial charge >= 0.3 is 6.09 Å². The van der Waals surface area contributed by atoms with Gasteiger partial charge < -0.3 is 9.26 Å². The Hall–Kier alpha value is -3.60. The first-order chi connectivity index (χ1) is 15.5. The van der Waals surface area contributed by atoms with Gasteiger partial charge in [-0.1, -0.05) is 46.8 Å². The van der Waals surface area contributed by atoms with E-state index in [9.17, 15) is 9.59 Å². The van der Waals surface area contributed by atoms with Crippen molar-refractivity contribution in [3.05, 3.63) is 57.1 Å². The van der Waals surface area contributed by atoms with E-state index < -0.39 is 0 Å². The van der Waals surface area contributed by atoms with E-state index in [1.54, 1.807) is 18.9 Å². The summed E-state index contributed by atoms with van der Waals surface area (Å²) in [6.07, 6.45) is 1.19. The first kappa shape index (κ1) is 20.3. The molecule has 4 heterocycles. The number of fused-ring (bicyclic) bond motifs is 1. The van der Waals surface area contributed by atoms with Crippen molar-refractivity contribution in [2.24, 2.45) is 7.05 Å². The molecule has 0 unspecified atom stereocenters. The fraction of sp³-hybridized carbons (Fsp3) is 0.333. The molecule has 1 aliphatic rings. The van der Waals surface area contributed by atoms with Crippen LogP contribution in [0.2, 0.25) is 0 Å². The number of hydrogen-bond donors (Lipinski definition) is 0. The van der Waals surface area contributed by atoms with E-state index in [0.717, 1.165) is 18.4 Å². The fourth-order valence-electron chi connectivity index (χ4n) is 3.75. The fourth-order valence-corrected chi connectivity index (χ4v) is 4.82. The highest BCUT2D eigenvalue weighted by Gasteiger charge is 2.34. The minimum absolute atomic E-state index is 0.207. The normalized spacial score (nSPS) is 16.1. The molecule has 11 heteroatoms. The molecular weight excluding hydrogens is 432 g/mol. The predicted octanol–water partition coefficient (Wildman–Crippen LogP) is 3.22. The molecule has 1 atom stereocenters. The third-order valence-corrected chi connectivity index (χ3v) is 6.41. The second kappa shape index (κ2) is 8.15. The molecule has 1 aromatic carbocycles. The Balaban J connectivity index is 1.42. The molecular formula is C21H20N6O4S. The summed E-state index contributed by atoms with van der Waals surface area (Å²) in [5.74, 6) is 0.931. The van der Waals surface area contributed by atoms with Gasteiger partial charge in [-0.3, -0.25) is 14.3 Å². The quantitative estimate of drug-likeness (QED) is 0.463. The molecule has 0 spiro atoms. The maximum Gasteiger partial charge on any atom is 0.410 e. The van der Waals surface area contributed by atoms with Gasteiger partial charge in [0.15, 0.2) is 16.2 Å². The van der Waals surface area contributed by atoms with Crippen molar-refractivity contribution in [2.75, 3.05) is 6.54 Å². The van der Waals surface area contributed by atoms with Crippen LogP contribution in [0.25, 0.3) is 22.0 Å². The van der Waals surface area contributed by atoms with Gasteiger partial charge in [-0.25, -0.2) is 14.8 Å². The number of aromatic nitrogens is 5. The maximum absolute atomic E-state index is 12.9. The summed E-state index contributed by atoms with van der Waals surface area (Å²) < 4.78 is 11.9. The first-order valence-electron chi connectivity index (χ1n) is 10.2. The Morgan fingerprint density at radius 2 is 2.06 bits per heavy atom. The van der Waals surface area contributed by atoms with E-state index in [1.807, 2.05) is 30.3 Å². The molecule has 0 radical (unpaired) electrons. The van der Waals surface area contributed by atoms with Crippen LogP contribution in [0.3, 0.4) is 0 Å². The number of hydrogen-bond acceptors (Lipinski definition) is 9. The van der Waals surface area contributed by atoms with E-state index >= 15 is 0 Å². The lowest BCUT2D eigenvalue weighted by Gasteiger charge is -2.22. The molecule has 1 fully saturated rings. The summed E-state index contributed by atoms with van der Waals surface area (Å²) in [6.45, 7) is 2.45. The average Bonchev–Trinajstić information content (AvgIpc) is 3.54. The lowest BCUT2D eigenvalue weighted by atomic mass is 10.2. The molecule has 4 aromatic rings. The predicted molar refractivity (Wildman–Crippen MR) is 116 cm³/mol. The Morgan fingerprint density at radius 3 is 2.81 bits per heavy atom. The largest absolute Gasteiger partial charge is 0.445 e. The van der Waals surface area contributed by atoms with Crippen molar-refractivity contribution in [1.82, 2.24) is 29.6 Å². The van der Waals surface area contributed by atoms with Gasteiger partial charge in [0.05, 0.1) is 6.04 Å². The number of ether oxygens (including phenoxy) is 1. The van der Waals surface area contributed by atoms with Gasteiger partial charge in [0.2, 0.25) is 11.7 Å². The molecule has 164 valence electrons. The van der Waals surface area contributed by atoms with E-state index in [-0.39, 0.29) is 35.6 Å². The van der Waals surface area contributed by atoms with Crippen LogP contribution in [0, 0.1) is 6.92 Å². The van der Waals surface area contributed by atoms with Gasteiger partial charge in [0.1, 0.15) is 11.6 Å². The number of rotatable bonds is 4. The minimum atomic E-state index is -0.389. The summed E-state index contributed by atoms with van der Waals surface area (Å²) in [5.41, 5.74) is 0.889. The second-order valence-electron chi connectivity index (χ2n) is 7.53. The van der Waals surface area contributed by atoms with Gasteiger partial charge in [-0.15, -0.1) is 0 Å². The van der Waals surface area contributed by atoms with Crippen molar-refractivity contribution >= 4 is 27.8 Å². The van der Waals surface area contributed by atoms with E-state index in [4.69, 9.17) is 9.26 Å². The highest BCUT2D eigenvalue weighted by Crippen LogP contribution is 2.36. The summed E-state index contributed by atoms with van der Waals surface area (Å²) in [5, 5.41) is 4.53. The van der Waals surface area contributed by atoms with Gasteiger partial charge in [-0.2, -0.15) is 4.98 Å². The number of benzene rings is 1. The first-order valence-corrected chi connectivity index (χ1v) is 11.0. The van der Waals surface area contributed by atoms with E-state index in [1.165, 1.54) is 15.9 Å². The Bertz CT molecular complexity index is 1350. The summed E-state index contributed by atoms with van der Waals surface area (Å²) in [6, 6.07) is 9.29. The third-order valence-electron chi connectivity index (χ3n) is 5.36. The molecule has 5 rings (SSSR count). The standard InChI is InChI=1S/C21H20N6O4S/c1-12-22-16(25-31-12)17-24-19-15(20(28)26(17)2)23-18(32-19)14-9-6-10-27(14)21(29)30-11-13-7-4-3-5-8-13/h3-5,7-8,14H,6,9-11H2,1-2H3/t14-/m1/s1. The smallest absolute Gasteiger partial charge is 0.410 e. The number of thiazole rings is 1. The van der Waals surface area contributed by atoms with Crippen LogP contribution in [0.15, 0.2) is 39.6 Å². The summed E-state index contributed by atoms with van der Waals surface area (Å²) in [4.78, 5) is 41.1. The lowest BCUT2D eigenvalue weighted by molar-refractivity contribution is 0.0920. The SMILES string of the molecule is Cc1nc(-c2nc3sc([C@H]4CCCN4C(=O)OCc4ccccc4)nc3c(=O)n2C)no1. The summed E-state index contributed by atoms with van der Waals surface area (Å²) >= 11 is 1.30. The van der Waals surface area contributed by atoms with Crippen molar-refractivity contribution < 1.29 is 14.1 Å². The number of likely N-dealkylation sites (tertiary alicyclic amines) is 1. The number of nitrogens with zero attached hydrogens (tertiary/aromatic N) is 6. The highest BCUT2D eigenvalue weighted by atomic mass is 32.1. The number of carbonyl (C=O) groups excluding carboxylic acids is 1. The number of aryl methyl sites for hydroxylation is 1. The second-order valence-corrected chi connectivity index (χ2v) is 8.54. The van der Waals surface area contributed by atoms with Crippen LogP contribution >= 0.6 is 11.3 Å². The number of amides is 1. The zero-order chi connectivity index (χ0) is 22.2. The average molecular weight is 452 g/mol. The molecule has 1 amide bonds. The zero-order valence-corrected chi connectivity index (χ0v) is 18.3. The van der Waals surface area contributed by atoms with E-state index in [2.05, 4.69) is 20.1 Å². The zero-order valence-electron chi connectivity index (χ0n) is 17.5. The molecule has 1 aliphatic heterocycles. The van der Waals surface area contributed by atoms with Crippen LogP contribution in [0.5, 0.6) is 0 Å². The molecule has 3 aromatic heterocycles. The molecule has 0 aliphatic carbocycles.